The van der Waals surface area contributed by atoms with E-state index in [4.69, 9.17) is 11.6 Å². The number of benzene rings is 2. The van der Waals surface area contributed by atoms with Gasteiger partial charge in [0.25, 0.3) is 5.91 Å². The molecule has 0 atom stereocenters. The van der Waals surface area contributed by atoms with Crippen LogP contribution in [-0.2, 0) is 11.2 Å². The summed E-state index contributed by atoms with van der Waals surface area (Å²) in [6.45, 7) is 1.72. The van der Waals surface area contributed by atoms with E-state index in [0.717, 1.165) is 32.4 Å². The molecule has 1 aliphatic rings. The Morgan fingerprint density at radius 3 is 2.44 bits per heavy atom. The number of halogens is 1. The first kappa shape index (κ1) is 19.0. The molecule has 0 radical (unpaired) electrons. The number of carbonyl (C=O) groups is 1. The van der Waals surface area contributed by atoms with Crippen molar-refractivity contribution in [1.82, 2.24) is 4.90 Å². The van der Waals surface area contributed by atoms with E-state index in [9.17, 15) is 10.1 Å². The molecule has 5 heteroatoms. The van der Waals surface area contributed by atoms with Gasteiger partial charge in [-0.25, -0.2) is 0 Å². The average Bonchev–Trinajstić information content (AvgIpc) is 2.70. The third-order valence-corrected chi connectivity index (χ3v) is 5.05. The zero-order valence-corrected chi connectivity index (χ0v) is 15.8. The van der Waals surface area contributed by atoms with E-state index in [1.54, 1.807) is 30.5 Å². The molecule has 0 unspecified atom stereocenters. The van der Waals surface area contributed by atoms with Gasteiger partial charge in [-0.15, -0.1) is 0 Å². The first-order valence-electron chi connectivity index (χ1n) is 9.11. The summed E-state index contributed by atoms with van der Waals surface area (Å²) in [4.78, 5) is 14.4. The highest BCUT2D eigenvalue weighted by atomic mass is 35.5. The second-order valence-electron chi connectivity index (χ2n) is 6.78. The maximum Gasteiger partial charge on any atom is 0.267 e. The van der Waals surface area contributed by atoms with Crippen LogP contribution in [0.25, 0.3) is 0 Å². The molecule has 3 rings (SSSR count). The van der Waals surface area contributed by atoms with Crippen LogP contribution in [0.3, 0.4) is 0 Å². The number of anilines is 1. The van der Waals surface area contributed by atoms with Crippen LogP contribution >= 0.6 is 11.6 Å². The van der Waals surface area contributed by atoms with Gasteiger partial charge in [0.15, 0.2) is 0 Å². The Morgan fingerprint density at radius 1 is 1.15 bits per heavy atom. The molecule has 0 saturated carbocycles. The number of piperidine rings is 1. The minimum atomic E-state index is -0.397. The average molecular weight is 380 g/mol. The fourth-order valence-electron chi connectivity index (χ4n) is 3.29. The quantitative estimate of drug-likeness (QED) is 0.608. The Kier molecular flexibility index (Phi) is 6.51. The smallest absolute Gasteiger partial charge is 0.267 e. The van der Waals surface area contributed by atoms with Gasteiger partial charge in [0.2, 0.25) is 0 Å². The first-order chi connectivity index (χ1) is 13.1. The summed E-state index contributed by atoms with van der Waals surface area (Å²) in [7, 11) is 0. The van der Waals surface area contributed by atoms with Crippen molar-refractivity contribution in [2.24, 2.45) is 5.92 Å². The van der Waals surface area contributed by atoms with Gasteiger partial charge in [-0.05, 0) is 55.0 Å². The Morgan fingerprint density at radius 2 is 1.81 bits per heavy atom. The topological polar surface area (TPSA) is 56.1 Å². The summed E-state index contributed by atoms with van der Waals surface area (Å²) in [6.07, 6.45) is 4.89. The molecular weight excluding hydrogens is 358 g/mol. The van der Waals surface area contributed by atoms with Crippen molar-refractivity contribution in [3.63, 3.8) is 0 Å². The van der Waals surface area contributed by atoms with E-state index in [1.807, 2.05) is 12.1 Å². The van der Waals surface area contributed by atoms with Gasteiger partial charge in [-0.1, -0.05) is 41.9 Å². The molecule has 0 bridgehead atoms. The summed E-state index contributed by atoms with van der Waals surface area (Å²) in [6, 6.07) is 19.4. The molecular formula is C22H22ClN3O. The third kappa shape index (κ3) is 5.60. The maximum atomic E-state index is 12.3. The van der Waals surface area contributed by atoms with Gasteiger partial charge in [0.05, 0.1) is 0 Å². The number of likely N-dealkylation sites (tertiary alicyclic amines) is 1. The Labute approximate surface area is 165 Å². The van der Waals surface area contributed by atoms with E-state index < -0.39 is 5.91 Å². The van der Waals surface area contributed by atoms with Crippen LogP contribution in [0.15, 0.2) is 66.4 Å². The van der Waals surface area contributed by atoms with Crippen LogP contribution in [0, 0.1) is 17.2 Å². The molecule has 27 heavy (non-hydrogen) atoms. The van der Waals surface area contributed by atoms with Crippen LogP contribution in [0.4, 0.5) is 5.69 Å². The van der Waals surface area contributed by atoms with Crippen molar-refractivity contribution in [3.05, 3.63) is 77.0 Å². The second-order valence-corrected chi connectivity index (χ2v) is 7.22. The summed E-state index contributed by atoms with van der Waals surface area (Å²) < 4.78 is 0. The van der Waals surface area contributed by atoms with Crippen LogP contribution in [-0.4, -0.2) is 23.9 Å². The van der Waals surface area contributed by atoms with Crippen molar-refractivity contribution in [2.45, 2.75) is 19.3 Å². The van der Waals surface area contributed by atoms with Crippen LogP contribution < -0.4 is 5.32 Å². The lowest BCUT2D eigenvalue weighted by atomic mass is 9.90. The highest BCUT2D eigenvalue weighted by molar-refractivity contribution is 6.30. The summed E-state index contributed by atoms with van der Waals surface area (Å²) in [5, 5.41) is 12.7. The van der Waals surface area contributed by atoms with E-state index in [1.165, 1.54) is 5.56 Å². The standard InChI is InChI=1S/C22H22ClN3O/c23-20-6-8-21(9-7-20)25-22(27)19(15-24)16-26-12-10-18(11-13-26)14-17-4-2-1-3-5-17/h1-9,16,18H,10-14H2,(H,25,27)/b19-16-. The molecule has 0 aliphatic carbocycles. The van der Waals surface area contributed by atoms with Crippen molar-refractivity contribution in [1.29, 1.82) is 5.26 Å². The molecule has 1 aliphatic heterocycles. The second kappa shape index (κ2) is 9.25. The molecule has 0 aromatic heterocycles. The zero-order valence-electron chi connectivity index (χ0n) is 15.1. The summed E-state index contributed by atoms with van der Waals surface area (Å²) in [5.74, 6) is 0.247. The molecule has 0 spiro atoms. The highest BCUT2D eigenvalue weighted by Crippen LogP contribution is 2.22. The van der Waals surface area contributed by atoms with Crippen molar-refractivity contribution < 1.29 is 4.79 Å². The van der Waals surface area contributed by atoms with Crippen LogP contribution in [0.5, 0.6) is 0 Å². The fourth-order valence-corrected chi connectivity index (χ4v) is 3.41. The van der Waals surface area contributed by atoms with Gasteiger partial charge >= 0.3 is 0 Å². The number of hydrogen-bond donors (Lipinski definition) is 1. The molecule has 4 nitrogen and oxygen atoms in total. The van der Waals surface area contributed by atoms with E-state index >= 15 is 0 Å². The number of carbonyl (C=O) groups excluding carboxylic acids is 1. The van der Waals surface area contributed by atoms with Gasteiger partial charge in [0.1, 0.15) is 11.6 Å². The number of amides is 1. The van der Waals surface area contributed by atoms with Gasteiger partial charge in [-0.3, -0.25) is 4.79 Å². The number of hydrogen-bond acceptors (Lipinski definition) is 3. The minimum absolute atomic E-state index is 0.117. The lowest BCUT2D eigenvalue weighted by molar-refractivity contribution is -0.112. The SMILES string of the molecule is N#C/C(=C/N1CCC(Cc2ccccc2)CC1)C(=O)Nc1ccc(Cl)cc1. The third-order valence-electron chi connectivity index (χ3n) is 4.80. The molecule has 2 aromatic carbocycles. The number of nitriles is 1. The number of nitrogens with one attached hydrogen (secondary N) is 1. The highest BCUT2D eigenvalue weighted by Gasteiger charge is 2.19. The molecule has 1 heterocycles. The summed E-state index contributed by atoms with van der Waals surface area (Å²) >= 11 is 5.85. The number of rotatable bonds is 5. The van der Waals surface area contributed by atoms with Gasteiger partial charge in [-0.2, -0.15) is 5.26 Å². The largest absolute Gasteiger partial charge is 0.376 e. The molecule has 2 aromatic rings. The monoisotopic (exact) mass is 379 g/mol. The Balaban J connectivity index is 1.54. The molecule has 1 N–H and O–H groups in total. The normalized spacial score (nSPS) is 15.3. The molecule has 1 saturated heterocycles. The predicted octanol–water partition coefficient (Wildman–Crippen LogP) is 4.64. The fraction of sp³-hybridized carbons (Fsp3) is 0.273. The summed E-state index contributed by atoms with van der Waals surface area (Å²) in [5.41, 5.74) is 2.10. The minimum Gasteiger partial charge on any atom is -0.376 e. The maximum absolute atomic E-state index is 12.3. The van der Waals surface area contributed by atoms with E-state index in [2.05, 4.69) is 34.5 Å². The predicted molar refractivity (Wildman–Crippen MR) is 108 cm³/mol. The van der Waals surface area contributed by atoms with E-state index in [0.29, 0.717) is 16.6 Å². The lowest BCUT2D eigenvalue weighted by Crippen LogP contribution is -2.31. The van der Waals surface area contributed by atoms with Gasteiger partial charge < -0.3 is 10.2 Å². The lowest BCUT2D eigenvalue weighted by Gasteiger charge is -2.31. The molecule has 138 valence electrons. The first-order valence-corrected chi connectivity index (χ1v) is 9.48. The van der Waals surface area contributed by atoms with Crippen LogP contribution in [0.2, 0.25) is 5.02 Å². The van der Waals surface area contributed by atoms with Crippen molar-refractivity contribution in [2.75, 3.05) is 18.4 Å². The number of nitrogens with zero attached hydrogens (tertiary/aromatic N) is 2. The zero-order chi connectivity index (χ0) is 19.1. The van der Waals surface area contributed by atoms with E-state index in [-0.39, 0.29) is 5.57 Å². The Bertz CT molecular complexity index is 832. The van der Waals surface area contributed by atoms with Crippen molar-refractivity contribution in [3.8, 4) is 6.07 Å². The van der Waals surface area contributed by atoms with Gasteiger partial charge in [0, 0.05) is 30.0 Å². The molecule has 1 fully saturated rings. The Hall–Kier alpha value is -2.77. The molecule has 1 amide bonds. The van der Waals surface area contributed by atoms with Crippen molar-refractivity contribution >= 4 is 23.2 Å². The van der Waals surface area contributed by atoms with Crippen LogP contribution in [0.1, 0.15) is 18.4 Å².